The normalized spacial score (nSPS) is 19.7. The number of hydrogen-bond acceptors (Lipinski definition) is 4. The zero-order valence-corrected chi connectivity index (χ0v) is 13.1. The minimum Gasteiger partial charge on any atom is -0.317 e. The van der Waals surface area contributed by atoms with E-state index in [4.69, 9.17) is 0 Å². The molecule has 1 aliphatic rings. The molecule has 1 fully saturated rings. The van der Waals surface area contributed by atoms with Gasteiger partial charge in [-0.3, -0.25) is 0 Å². The highest BCUT2D eigenvalue weighted by molar-refractivity contribution is 7.90. The van der Waals surface area contributed by atoms with Crippen LogP contribution in [0.25, 0.3) is 0 Å². The molecule has 6 heteroatoms. The second-order valence-electron chi connectivity index (χ2n) is 5.35. The van der Waals surface area contributed by atoms with E-state index in [0.717, 1.165) is 18.0 Å². The fourth-order valence-electron chi connectivity index (χ4n) is 2.37. The van der Waals surface area contributed by atoms with Crippen LogP contribution < -0.4 is 10.0 Å². The summed E-state index contributed by atoms with van der Waals surface area (Å²) in [5, 5.41) is 4.94. The van der Waals surface area contributed by atoms with Crippen molar-refractivity contribution >= 4 is 21.4 Å². The molecule has 0 aromatic carbocycles. The van der Waals surface area contributed by atoms with E-state index in [1.54, 1.807) is 11.3 Å². The molecule has 1 atom stereocenters. The lowest BCUT2D eigenvalue weighted by Crippen LogP contribution is -2.43. The van der Waals surface area contributed by atoms with Gasteiger partial charge in [-0.15, -0.1) is 11.3 Å². The van der Waals surface area contributed by atoms with Crippen LogP contribution >= 0.6 is 11.3 Å². The number of piperidine rings is 1. The molecular weight excluding hydrogens is 280 g/mol. The summed E-state index contributed by atoms with van der Waals surface area (Å²) in [4.78, 5) is 1.09. The van der Waals surface area contributed by atoms with E-state index in [-0.39, 0.29) is 17.2 Å². The summed E-state index contributed by atoms with van der Waals surface area (Å²) in [6.45, 7) is 5.68. The van der Waals surface area contributed by atoms with Crippen molar-refractivity contribution in [3.63, 3.8) is 0 Å². The molecule has 2 rings (SSSR count). The Morgan fingerprint density at radius 1 is 1.37 bits per heavy atom. The van der Waals surface area contributed by atoms with E-state index >= 15 is 0 Å². The first-order valence-corrected chi connectivity index (χ1v) is 9.18. The van der Waals surface area contributed by atoms with Gasteiger partial charge in [-0.2, -0.15) is 0 Å². The van der Waals surface area contributed by atoms with E-state index in [0.29, 0.717) is 12.8 Å². The summed E-state index contributed by atoms with van der Waals surface area (Å²) in [5.74, 6) is 0.246. The minimum absolute atomic E-state index is 0.111. The maximum Gasteiger partial charge on any atom is 0.215 e. The molecule has 0 bridgehead atoms. The Balaban J connectivity index is 2.12. The largest absolute Gasteiger partial charge is 0.317 e. The Hall–Kier alpha value is -0.430. The maximum atomic E-state index is 12.5. The molecule has 0 radical (unpaired) electrons. The first kappa shape index (κ1) is 15.0. The van der Waals surface area contributed by atoms with Gasteiger partial charge in [-0.1, -0.05) is 19.9 Å². The van der Waals surface area contributed by atoms with Crippen LogP contribution in [0.4, 0.5) is 0 Å². The molecule has 2 N–H and O–H groups in total. The molecule has 1 saturated heterocycles. The summed E-state index contributed by atoms with van der Waals surface area (Å²) in [6, 6.07) is 3.86. The van der Waals surface area contributed by atoms with E-state index < -0.39 is 10.0 Å². The van der Waals surface area contributed by atoms with Crippen molar-refractivity contribution in [3.8, 4) is 0 Å². The summed E-state index contributed by atoms with van der Waals surface area (Å²) in [7, 11) is -3.24. The molecule has 0 saturated carbocycles. The second kappa shape index (κ2) is 6.35. The number of hydrogen-bond donors (Lipinski definition) is 2. The van der Waals surface area contributed by atoms with Gasteiger partial charge in [0.2, 0.25) is 10.0 Å². The summed E-state index contributed by atoms with van der Waals surface area (Å²) in [5.41, 5.74) is 0. The zero-order chi connectivity index (χ0) is 13.9. The number of sulfonamides is 1. The van der Waals surface area contributed by atoms with Crippen LogP contribution in [-0.2, 0) is 10.0 Å². The van der Waals surface area contributed by atoms with Gasteiger partial charge in [-0.05, 0) is 43.3 Å². The van der Waals surface area contributed by atoms with Gasteiger partial charge in [-0.25, -0.2) is 13.1 Å². The lowest BCUT2D eigenvalue weighted by atomic mass is 10.0. The lowest BCUT2D eigenvalue weighted by Gasteiger charge is -2.27. The van der Waals surface area contributed by atoms with Crippen molar-refractivity contribution in [1.82, 2.24) is 10.0 Å². The Morgan fingerprint density at radius 2 is 2.05 bits per heavy atom. The van der Waals surface area contributed by atoms with Crippen molar-refractivity contribution in [2.75, 3.05) is 13.1 Å². The molecule has 1 aromatic heterocycles. The predicted molar refractivity (Wildman–Crippen MR) is 79.8 cm³/mol. The molecule has 4 nitrogen and oxygen atoms in total. The second-order valence-corrected chi connectivity index (χ2v) is 8.32. The third-order valence-corrected chi connectivity index (χ3v) is 6.42. The molecule has 0 spiro atoms. The van der Waals surface area contributed by atoms with Gasteiger partial charge >= 0.3 is 0 Å². The van der Waals surface area contributed by atoms with Gasteiger partial charge in [0.1, 0.15) is 0 Å². The SMILES string of the molecule is CC(C)C(NS(=O)(=O)C1CCNCC1)c1cccs1. The molecular formula is C13H22N2O2S2. The Labute approximate surface area is 119 Å². The Kier molecular flexibility index (Phi) is 5.00. The highest BCUT2D eigenvalue weighted by Crippen LogP contribution is 2.27. The maximum absolute atomic E-state index is 12.5. The van der Waals surface area contributed by atoms with Gasteiger partial charge in [0, 0.05) is 4.88 Å². The summed E-state index contributed by atoms with van der Waals surface area (Å²) >= 11 is 1.61. The molecule has 0 aliphatic carbocycles. The molecule has 0 amide bonds. The fraction of sp³-hybridized carbons (Fsp3) is 0.692. The third-order valence-electron chi connectivity index (χ3n) is 3.53. The average Bonchev–Trinajstić information content (AvgIpc) is 2.90. The molecule has 2 heterocycles. The Morgan fingerprint density at radius 3 is 2.58 bits per heavy atom. The van der Waals surface area contributed by atoms with E-state index in [2.05, 4.69) is 23.9 Å². The van der Waals surface area contributed by atoms with Crippen molar-refractivity contribution < 1.29 is 8.42 Å². The first-order valence-electron chi connectivity index (χ1n) is 6.76. The number of thiophene rings is 1. The monoisotopic (exact) mass is 302 g/mol. The van der Waals surface area contributed by atoms with Crippen molar-refractivity contribution in [2.24, 2.45) is 5.92 Å². The quantitative estimate of drug-likeness (QED) is 0.876. The first-order chi connectivity index (χ1) is 9.00. The van der Waals surface area contributed by atoms with Crippen molar-refractivity contribution in [3.05, 3.63) is 22.4 Å². The fourth-order valence-corrected chi connectivity index (χ4v) is 5.20. The van der Waals surface area contributed by atoms with Crippen LogP contribution in [-0.4, -0.2) is 26.8 Å². The topological polar surface area (TPSA) is 58.2 Å². The molecule has 1 aromatic rings. The van der Waals surface area contributed by atoms with Crippen LogP contribution in [0, 0.1) is 5.92 Å². The Bertz CT molecular complexity index is 477. The van der Waals surface area contributed by atoms with Crippen molar-refractivity contribution in [1.29, 1.82) is 0 Å². The molecule has 108 valence electrons. The van der Waals surface area contributed by atoms with E-state index in [9.17, 15) is 8.42 Å². The highest BCUT2D eigenvalue weighted by Gasteiger charge is 2.31. The van der Waals surface area contributed by atoms with Crippen molar-refractivity contribution in [2.45, 2.75) is 38.0 Å². The van der Waals surface area contributed by atoms with Gasteiger partial charge < -0.3 is 5.32 Å². The molecule has 1 aliphatic heterocycles. The smallest absolute Gasteiger partial charge is 0.215 e. The predicted octanol–water partition coefficient (Wildman–Crippen LogP) is 2.12. The van der Waals surface area contributed by atoms with Crippen LogP contribution in [0.15, 0.2) is 17.5 Å². The van der Waals surface area contributed by atoms with Gasteiger partial charge in [0.25, 0.3) is 0 Å². The van der Waals surface area contributed by atoms with Gasteiger partial charge in [0.15, 0.2) is 0 Å². The number of nitrogens with one attached hydrogen (secondary N) is 2. The van der Waals surface area contributed by atoms with Gasteiger partial charge in [0.05, 0.1) is 11.3 Å². The third kappa shape index (κ3) is 3.78. The highest BCUT2D eigenvalue weighted by atomic mass is 32.2. The summed E-state index contributed by atoms with van der Waals surface area (Å²) in [6.07, 6.45) is 1.40. The van der Waals surface area contributed by atoms with E-state index in [1.165, 1.54) is 0 Å². The average molecular weight is 302 g/mol. The zero-order valence-electron chi connectivity index (χ0n) is 11.4. The molecule has 1 unspecified atom stereocenters. The molecule has 19 heavy (non-hydrogen) atoms. The van der Waals surface area contributed by atoms with E-state index in [1.807, 2.05) is 17.5 Å². The van der Waals surface area contributed by atoms with Crippen LogP contribution in [0.1, 0.15) is 37.6 Å². The lowest BCUT2D eigenvalue weighted by molar-refractivity contribution is 0.447. The van der Waals surface area contributed by atoms with Crippen LogP contribution in [0.3, 0.4) is 0 Å². The standard InChI is InChI=1S/C13H22N2O2S2/c1-10(2)13(12-4-3-9-18-12)15-19(16,17)11-5-7-14-8-6-11/h3-4,9-11,13-15H,5-8H2,1-2H3. The van der Waals surface area contributed by atoms with Crippen LogP contribution in [0.2, 0.25) is 0 Å². The van der Waals surface area contributed by atoms with Crippen LogP contribution in [0.5, 0.6) is 0 Å². The summed E-state index contributed by atoms with van der Waals surface area (Å²) < 4.78 is 27.8. The minimum atomic E-state index is -3.24. The number of rotatable bonds is 5.